The predicted molar refractivity (Wildman–Crippen MR) is 110 cm³/mol. The Labute approximate surface area is 169 Å². The fourth-order valence-electron chi connectivity index (χ4n) is 3.81. The van der Waals surface area contributed by atoms with Crippen LogP contribution in [0.25, 0.3) is 0 Å². The highest BCUT2D eigenvalue weighted by atomic mass is 16.3. The number of benzene rings is 1. The Bertz CT molecular complexity index is 893. The molecule has 2 aliphatic heterocycles. The molecule has 2 amide bonds. The van der Waals surface area contributed by atoms with Crippen LogP contribution in [0.5, 0.6) is 0 Å². The van der Waals surface area contributed by atoms with Crippen LogP contribution in [-0.2, 0) is 4.79 Å². The molecule has 2 aliphatic rings. The fraction of sp³-hybridized carbons (Fsp3) is 0.381. The highest BCUT2D eigenvalue weighted by Crippen LogP contribution is 2.30. The minimum absolute atomic E-state index is 0.0737. The molecular weight excluding hydrogens is 370 g/mol. The number of carbonyl (C=O) groups excluding carboxylic acids is 2. The van der Waals surface area contributed by atoms with Crippen LogP contribution in [0, 0.1) is 0 Å². The molecule has 2 aromatic rings. The van der Waals surface area contributed by atoms with Crippen LogP contribution in [0.15, 0.2) is 42.6 Å². The van der Waals surface area contributed by atoms with Gasteiger partial charge in [-0.25, -0.2) is 4.98 Å². The van der Waals surface area contributed by atoms with Gasteiger partial charge in [0.2, 0.25) is 5.91 Å². The molecule has 8 nitrogen and oxygen atoms in total. The van der Waals surface area contributed by atoms with E-state index in [1.54, 1.807) is 18.3 Å². The molecule has 0 radical (unpaired) electrons. The second-order valence-electron chi connectivity index (χ2n) is 7.54. The molecule has 0 bridgehead atoms. The summed E-state index contributed by atoms with van der Waals surface area (Å²) in [5.74, 6) is 0.417. The number of anilines is 2. The molecule has 0 saturated carbocycles. The number of aliphatic hydroxyl groups is 1. The average Bonchev–Trinajstić information content (AvgIpc) is 2.73. The van der Waals surface area contributed by atoms with Crippen LogP contribution in [0.4, 0.5) is 11.5 Å². The number of fused-ring (bicyclic) bond motifs is 1. The quantitative estimate of drug-likeness (QED) is 0.723. The zero-order valence-electron chi connectivity index (χ0n) is 16.3. The van der Waals surface area contributed by atoms with E-state index < -0.39 is 0 Å². The molecule has 152 valence electrons. The van der Waals surface area contributed by atoms with Gasteiger partial charge in [0.05, 0.1) is 18.2 Å². The molecule has 1 fully saturated rings. The number of rotatable bonds is 4. The lowest BCUT2D eigenvalue weighted by Gasteiger charge is -2.35. The van der Waals surface area contributed by atoms with E-state index in [0.717, 1.165) is 18.7 Å². The van der Waals surface area contributed by atoms with Crippen molar-refractivity contribution in [2.75, 3.05) is 36.9 Å². The Morgan fingerprint density at radius 1 is 1.24 bits per heavy atom. The van der Waals surface area contributed by atoms with Gasteiger partial charge in [-0.2, -0.15) is 0 Å². The minimum Gasteiger partial charge on any atom is -0.393 e. The number of hydrogen-bond acceptors (Lipinski definition) is 6. The van der Waals surface area contributed by atoms with Crippen LogP contribution < -0.4 is 15.5 Å². The molecule has 4 rings (SSSR count). The van der Waals surface area contributed by atoms with Crippen LogP contribution >= 0.6 is 0 Å². The summed E-state index contributed by atoms with van der Waals surface area (Å²) in [7, 11) is 1.89. The first-order valence-electron chi connectivity index (χ1n) is 9.80. The highest BCUT2D eigenvalue weighted by molar-refractivity contribution is 6.01. The van der Waals surface area contributed by atoms with Crippen LogP contribution in [0.2, 0.25) is 0 Å². The molecule has 3 N–H and O–H groups in total. The number of piperidine rings is 1. The molecule has 1 aromatic carbocycles. The first-order valence-corrected chi connectivity index (χ1v) is 9.80. The molecule has 8 heteroatoms. The number of pyridine rings is 1. The zero-order valence-corrected chi connectivity index (χ0v) is 16.3. The van der Waals surface area contributed by atoms with E-state index in [4.69, 9.17) is 0 Å². The van der Waals surface area contributed by atoms with E-state index in [2.05, 4.69) is 15.6 Å². The number of nitrogens with zero attached hydrogens (tertiary/aromatic N) is 3. The van der Waals surface area contributed by atoms with Gasteiger partial charge >= 0.3 is 0 Å². The van der Waals surface area contributed by atoms with Crippen molar-refractivity contribution in [2.45, 2.75) is 25.1 Å². The summed E-state index contributed by atoms with van der Waals surface area (Å²) >= 11 is 0. The topological polar surface area (TPSA) is 97.8 Å². The van der Waals surface area contributed by atoms with Crippen molar-refractivity contribution < 1.29 is 14.7 Å². The second kappa shape index (κ2) is 8.18. The van der Waals surface area contributed by atoms with Gasteiger partial charge in [0.25, 0.3) is 5.91 Å². The van der Waals surface area contributed by atoms with Gasteiger partial charge in [0, 0.05) is 32.0 Å². The largest absolute Gasteiger partial charge is 0.393 e. The van der Waals surface area contributed by atoms with Crippen LogP contribution in [0.3, 0.4) is 0 Å². The summed E-state index contributed by atoms with van der Waals surface area (Å²) in [6.07, 6.45) is 2.52. The van der Waals surface area contributed by atoms with E-state index in [1.165, 1.54) is 0 Å². The average molecular weight is 395 g/mol. The summed E-state index contributed by atoms with van der Waals surface area (Å²) in [4.78, 5) is 33.0. The molecular formula is C21H25N5O3. The van der Waals surface area contributed by atoms with E-state index in [1.807, 2.05) is 41.1 Å². The maximum Gasteiger partial charge on any atom is 0.256 e. The lowest BCUT2D eigenvalue weighted by molar-refractivity contribution is -0.117. The normalized spacial score (nSPS) is 20.1. The van der Waals surface area contributed by atoms with Gasteiger partial charge < -0.3 is 20.6 Å². The van der Waals surface area contributed by atoms with E-state index in [-0.39, 0.29) is 24.1 Å². The third-order valence-corrected chi connectivity index (χ3v) is 5.45. The van der Waals surface area contributed by atoms with Crippen molar-refractivity contribution in [3.8, 4) is 0 Å². The Hall–Kier alpha value is -2.97. The predicted octanol–water partition coefficient (Wildman–Crippen LogP) is 1.36. The highest BCUT2D eigenvalue weighted by Gasteiger charge is 2.30. The number of hydrogen-bond donors (Lipinski definition) is 3. The third-order valence-electron chi connectivity index (χ3n) is 5.45. The number of aliphatic hydroxyl groups excluding tert-OH is 1. The van der Waals surface area contributed by atoms with Crippen LogP contribution in [-0.4, -0.2) is 59.6 Å². The number of carbonyl (C=O) groups is 2. The molecule has 29 heavy (non-hydrogen) atoms. The van der Waals surface area contributed by atoms with Crippen LogP contribution in [0.1, 0.15) is 34.9 Å². The summed E-state index contributed by atoms with van der Waals surface area (Å²) in [5, 5.41) is 15.5. The van der Waals surface area contributed by atoms with Crippen molar-refractivity contribution in [1.29, 1.82) is 0 Å². The maximum atomic E-state index is 12.4. The molecule has 3 heterocycles. The van der Waals surface area contributed by atoms with E-state index >= 15 is 0 Å². The Morgan fingerprint density at radius 3 is 2.69 bits per heavy atom. The number of likely N-dealkylation sites (tertiary alicyclic amines) is 1. The van der Waals surface area contributed by atoms with Crippen molar-refractivity contribution in [2.24, 2.45) is 0 Å². The first-order chi connectivity index (χ1) is 14.0. The summed E-state index contributed by atoms with van der Waals surface area (Å²) < 4.78 is 0. The molecule has 1 aromatic heterocycles. The Kier molecular flexibility index (Phi) is 5.46. The molecule has 1 saturated heterocycles. The second-order valence-corrected chi connectivity index (χ2v) is 7.54. The van der Waals surface area contributed by atoms with Gasteiger partial charge in [-0.3, -0.25) is 14.5 Å². The van der Waals surface area contributed by atoms with Crippen molar-refractivity contribution in [3.63, 3.8) is 0 Å². The number of amides is 2. The third kappa shape index (κ3) is 4.23. The molecule has 0 unspecified atom stereocenters. The van der Waals surface area contributed by atoms with E-state index in [9.17, 15) is 14.7 Å². The van der Waals surface area contributed by atoms with E-state index in [0.29, 0.717) is 36.5 Å². The van der Waals surface area contributed by atoms with Crippen molar-refractivity contribution >= 4 is 23.3 Å². The summed E-state index contributed by atoms with van der Waals surface area (Å²) in [6, 6.07) is 11.0. The lowest BCUT2D eigenvalue weighted by atomic mass is 10.1. The minimum atomic E-state index is -0.325. The standard InChI is InChI=1S/C21H25N5O3/c1-25-19(24-21(29)17-3-2-10-22-20(17)25)14-4-6-15(7-5-14)23-18(28)13-26-11-8-16(27)9-12-26/h2-7,10,16,19,27H,8-9,11-13H2,1H3,(H,23,28)(H,24,29)/t19-/m1/s1. The maximum absolute atomic E-state index is 12.4. The van der Waals surface area contributed by atoms with Gasteiger partial charge in [0.1, 0.15) is 12.0 Å². The van der Waals surface area contributed by atoms with Crippen molar-refractivity contribution in [3.05, 3.63) is 53.7 Å². The van der Waals surface area contributed by atoms with Gasteiger partial charge in [-0.1, -0.05) is 12.1 Å². The summed E-state index contributed by atoms with van der Waals surface area (Å²) in [6.45, 7) is 1.78. The van der Waals surface area contributed by atoms with Gasteiger partial charge in [-0.05, 0) is 42.7 Å². The van der Waals surface area contributed by atoms with Crippen molar-refractivity contribution in [1.82, 2.24) is 15.2 Å². The zero-order chi connectivity index (χ0) is 20.4. The Balaban J connectivity index is 1.39. The molecule has 0 spiro atoms. The van der Waals surface area contributed by atoms with Gasteiger partial charge in [-0.15, -0.1) is 0 Å². The lowest BCUT2D eigenvalue weighted by Crippen LogP contribution is -2.45. The summed E-state index contributed by atoms with van der Waals surface area (Å²) in [5.41, 5.74) is 2.17. The number of aromatic nitrogens is 1. The Morgan fingerprint density at radius 2 is 1.97 bits per heavy atom. The monoisotopic (exact) mass is 395 g/mol. The fourth-order valence-corrected chi connectivity index (χ4v) is 3.81. The smallest absolute Gasteiger partial charge is 0.256 e. The first kappa shape index (κ1) is 19.4. The van der Waals surface area contributed by atoms with Gasteiger partial charge in [0.15, 0.2) is 0 Å². The SMILES string of the molecule is CN1c2ncccc2C(=O)N[C@H]1c1ccc(NC(=O)CN2CCC(O)CC2)cc1. The molecule has 0 aliphatic carbocycles. The molecule has 1 atom stereocenters. The number of nitrogens with one attached hydrogen (secondary N) is 2.